The highest BCUT2D eigenvalue weighted by Gasteiger charge is 2.19. The van der Waals surface area contributed by atoms with Gasteiger partial charge in [0, 0.05) is 44.3 Å². The van der Waals surface area contributed by atoms with E-state index in [4.69, 9.17) is 4.74 Å². The zero-order valence-electron chi connectivity index (χ0n) is 13.7. The lowest BCUT2D eigenvalue weighted by atomic mass is 10.2. The first-order valence-electron chi connectivity index (χ1n) is 7.96. The number of nitrogens with one attached hydrogen (secondary N) is 1. The molecule has 1 saturated heterocycles. The predicted octanol–water partition coefficient (Wildman–Crippen LogP) is 2.30. The Balaban J connectivity index is 1.53. The molecule has 0 spiro atoms. The predicted molar refractivity (Wildman–Crippen MR) is 94.6 cm³/mol. The molecule has 1 aliphatic rings. The number of benzene rings is 1. The van der Waals surface area contributed by atoms with Crippen LogP contribution >= 0.6 is 11.5 Å². The molecule has 23 heavy (non-hydrogen) atoms. The summed E-state index contributed by atoms with van der Waals surface area (Å²) in [7, 11) is 1.68. The SMILES string of the molecule is CCN1CCN(c2nsc(NCc3ccc(OC)cc3)n2)CC1. The third-order valence-corrected chi connectivity index (χ3v) is 4.78. The molecular weight excluding hydrogens is 310 g/mol. The van der Waals surface area contributed by atoms with Crippen molar-refractivity contribution < 1.29 is 4.74 Å². The van der Waals surface area contributed by atoms with Crippen LogP contribution in [0, 0.1) is 0 Å². The molecule has 1 fully saturated rings. The molecule has 0 amide bonds. The summed E-state index contributed by atoms with van der Waals surface area (Å²) in [6, 6.07) is 8.04. The largest absolute Gasteiger partial charge is 0.497 e. The molecule has 0 atom stereocenters. The molecule has 1 aromatic heterocycles. The van der Waals surface area contributed by atoms with E-state index in [-0.39, 0.29) is 0 Å². The van der Waals surface area contributed by atoms with Crippen LogP contribution in [0.5, 0.6) is 5.75 Å². The number of piperazine rings is 1. The van der Waals surface area contributed by atoms with Crippen molar-refractivity contribution in [1.29, 1.82) is 0 Å². The van der Waals surface area contributed by atoms with Crippen LogP contribution in [-0.2, 0) is 6.54 Å². The molecule has 7 heteroatoms. The van der Waals surface area contributed by atoms with Crippen LogP contribution in [0.3, 0.4) is 0 Å². The molecule has 0 unspecified atom stereocenters. The van der Waals surface area contributed by atoms with Gasteiger partial charge in [0.05, 0.1) is 7.11 Å². The lowest BCUT2D eigenvalue weighted by Gasteiger charge is -2.33. The number of anilines is 2. The van der Waals surface area contributed by atoms with Crippen molar-refractivity contribution in [2.45, 2.75) is 13.5 Å². The maximum absolute atomic E-state index is 5.17. The van der Waals surface area contributed by atoms with Crippen LogP contribution in [0.15, 0.2) is 24.3 Å². The van der Waals surface area contributed by atoms with Crippen molar-refractivity contribution in [2.75, 3.05) is 50.1 Å². The van der Waals surface area contributed by atoms with Crippen molar-refractivity contribution in [3.8, 4) is 5.75 Å². The van der Waals surface area contributed by atoms with E-state index in [1.165, 1.54) is 17.1 Å². The first-order chi connectivity index (χ1) is 11.3. The van der Waals surface area contributed by atoms with Gasteiger partial charge in [0.25, 0.3) is 0 Å². The lowest BCUT2D eigenvalue weighted by Crippen LogP contribution is -2.46. The van der Waals surface area contributed by atoms with Gasteiger partial charge < -0.3 is 19.9 Å². The van der Waals surface area contributed by atoms with Crippen molar-refractivity contribution >= 4 is 22.6 Å². The van der Waals surface area contributed by atoms with Gasteiger partial charge in [-0.25, -0.2) is 0 Å². The van der Waals surface area contributed by atoms with Crippen LogP contribution in [0.25, 0.3) is 0 Å². The Labute approximate surface area is 141 Å². The van der Waals surface area contributed by atoms with Crippen LogP contribution in [0.4, 0.5) is 11.1 Å². The smallest absolute Gasteiger partial charge is 0.239 e. The fraction of sp³-hybridized carbons (Fsp3) is 0.500. The van der Waals surface area contributed by atoms with Crippen molar-refractivity contribution in [2.24, 2.45) is 0 Å². The summed E-state index contributed by atoms with van der Waals surface area (Å²) in [5.41, 5.74) is 1.19. The minimum Gasteiger partial charge on any atom is -0.497 e. The minimum atomic E-state index is 0.738. The second-order valence-electron chi connectivity index (χ2n) is 5.52. The van der Waals surface area contributed by atoms with Gasteiger partial charge in [0.2, 0.25) is 11.1 Å². The normalized spacial score (nSPS) is 15.7. The highest BCUT2D eigenvalue weighted by atomic mass is 32.1. The number of hydrogen-bond donors (Lipinski definition) is 1. The van der Waals surface area contributed by atoms with Gasteiger partial charge >= 0.3 is 0 Å². The average Bonchev–Trinajstić information content (AvgIpc) is 3.09. The monoisotopic (exact) mass is 333 g/mol. The fourth-order valence-corrected chi connectivity index (χ4v) is 3.18. The number of aromatic nitrogens is 2. The summed E-state index contributed by atoms with van der Waals surface area (Å²) in [6.07, 6.45) is 0. The van der Waals surface area contributed by atoms with Gasteiger partial charge in [-0.05, 0) is 24.2 Å². The first-order valence-corrected chi connectivity index (χ1v) is 8.73. The average molecular weight is 333 g/mol. The zero-order valence-corrected chi connectivity index (χ0v) is 14.5. The maximum atomic E-state index is 5.17. The Bertz CT molecular complexity index is 607. The van der Waals surface area contributed by atoms with Gasteiger partial charge in [0.1, 0.15) is 5.75 Å². The second kappa shape index (κ2) is 7.61. The number of rotatable bonds is 6. The van der Waals surface area contributed by atoms with Gasteiger partial charge in [-0.2, -0.15) is 9.36 Å². The van der Waals surface area contributed by atoms with E-state index in [9.17, 15) is 0 Å². The van der Waals surface area contributed by atoms with Crippen molar-refractivity contribution in [1.82, 2.24) is 14.3 Å². The molecule has 1 aromatic carbocycles. The zero-order chi connectivity index (χ0) is 16.1. The summed E-state index contributed by atoms with van der Waals surface area (Å²) in [4.78, 5) is 9.33. The molecule has 3 rings (SSSR count). The Morgan fingerprint density at radius 2 is 1.91 bits per heavy atom. The highest BCUT2D eigenvalue weighted by Crippen LogP contribution is 2.20. The maximum Gasteiger partial charge on any atom is 0.239 e. The summed E-state index contributed by atoms with van der Waals surface area (Å²) in [5, 5.41) is 4.21. The Morgan fingerprint density at radius 3 is 2.57 bits per heavy atom. The van der Waals surface area contributed by atoms with E-state index in [2.05, 4.69) is 43.5 Å². The number of nitrogens with zero attached hydrogens (tertiary/aromatic N) is 4. The van der Waals surface area contributed by atoms with E-state index in [1.807, 2.05) is 12.1 Å². The first kappa shape index (κ1) is 16.0. The Kier molecular flexibility index (Phi) is 5.30. The van der Waals surface area contributed by atoms with Crippen LogP contribution in [0.2, 0.25) is 0 Å². The molecule has 1 N–H and O–H groups in total. The van der Waals surface area contributed by atoms with Gasteiger partial charge in [-0.1, -0.05) is 19.1 Å². The molecule has 2 aromatic rings. The van der Waals surface area contributed by atoms with Crippen molar-refractivity contribution in [3.05, 3.63) is 29.8 Å². The Morgan fingerprint density at radius 1 is 1.17 bits per heavy atom. The molecule has 0 radical (unpaired) electrons. The number of methoxy groups -OCH3 is 1. The van der Waals surface area contributed by atoms with E-state index in [0.29, 0.717) is 0 Å². The molecule has 0 saturated carbocycles. The molecule has 0 aliphatic carbocycles. The molecular formula is C16H23N5OS. The van der Waals surface area contributed by atoms with Crippen LogP contribution in [-0.4, -0.2) is 54.1 Å². The molecule has 124 valence electrons. The summed E-state index contributed by atoms with van der Waals surface area (Å²) in [6.45, 7) is 8.24. The minimum absolute atomic E-state index is 0.738. The topological polar surface area (TPSA) is 53.5 Å². The van der Waals surface area contributed by atoms with E-state index in [0.717, 1.165) is 56.1 Å². The molecule has 0 bridgehead atoms. The summed E-state index contributed by atoms with van der Waals surface area (Å²) in [5.74, 6) is 1.72. The van der Waals surface area contributed by atoms with Crippen LogP contribution in [0.1, 0.15) is 12.5 Å². The molecule has 1 aliphatic heterocycles. The summed E-state index contributed by atoms with van der Waals surface area (Å²) >= 11 is 1.42. The lowest BCUT2D eigenvalue weighted by molar-refractivity contribution is 0.270. The third kappa shape index (κ3) is 4.11. The van der Waals surface area contributed by atoms with Crippen molar-refractivity contribution in [3.63, 3.8) is 0 Å². The highest BCUT2D eigenvalue weighted by molar-refractivity contribution is 7.09. The van der Waals surface area contributed by atoms with E-state index >= 15 is 0 Å². The fourth-order valence-electron chi connectivity index (χ4n) is 2.60. The number of likely N-dealkylation sites (N-methyl/N-ethyl adjacent to an activating group) is 1. The number of ether oxygens (including phenoxy) is 1. The standard InChI is InChI=1S/C16H23N5OS/c1-3-20-8-10-21(11-9-20)15-18-16(23-19-15)17-12-13-4-6-14(22-2)7-5-13/h4-7H,3,8-12H2,1-2H3,(H,17,18,19). The second-order valence-corrected chi connectivity index (χ2v) is 6.27. The van der Waals surface area contributed by atoms with Gasteiger partial charge in [0.15, 0.2) is 0 Å². The van der Waals surface area contributed by atoms with Gasteiger partial charge in [-0.3, -0.25) is 0 Å². The Hall–Kier alpha value is -1.86. The van der Waals surface area contributed by atoms with E-state index < -0.39 is 0 Å². The van der Waals surface area contributed by atoms with E-state index in [1.54, 1.807) is 7.11 Å². The molecule has 6 nitrogen and oxygen atoms in total. The molecule has 2 heterocycles. The van der Waals surface area contributed by atoms with Crippen LogP contribution < -0.4 is 15.0 Å². The third-order valence-electron chi connectivity index (χ3n) is 4.12. The quantitative estimate of drug-likeness (QED) is 0.875. The summed E-state index contributed by atoms with van der Waals surface area (Å²) < 4.78 is 9.65. The van der Waals surface area contributed by atoms with Gasteiger partial charge in [-0.15, -0.1) is 0 Å². The number of hydrogen-bond acceptors (Lipinski definition) is 7.